The summed E-state index contributed by atoms with van der Waals surface area (Å²) < 4.78 is 12.0. The molecule has 9 heteroatoms. The first kappa shape index (κ1) is 22.2. The van der Waals surface area contributed by atoms with Gasteiger partial charge in [0, 0.05) is 16.1 Å². The zero-order valence-electron chi connectivity index (χ0n) is 14.2. The molecule has 3 aromatic carbocycles. The van der Waals surface area contributed by atoms with Gasteiger partial charge in [0.1, 0.15) is 0 Å². The summed E-state index contributed by atoms with van der Waals surface area (Å²) in [5, 5.41) is 0.443. The molecule has 0 amide bonds. The molecule has 29 heavy (non-hydrogen) atoms. The molecule has 3 aromatic rings. The van der Waals surface area contributed by atoms with Gasteiger partial charge < -0.3 is 0 Å². The predicted octanol–water partition coefficient (Wildman–Crippen LogP) is 7.33. The minimum absolute atomic E-state index is 0.0113. The average molecular weight is 505 g/mol. The van der Waals surface area contributed by atoms with Crippen molar-refractivity contribution in [2.75, 3.05) is 0 Å². The second kappa shape index (κ2) is 9.14. The zero-order valence-corrected chi connectivity index (χ0v) is 18.9. The van der Waals surface area contributed by atoms with E-state index in [2.05, 4.69) is 0 Å². The number of hydrogen-bond acceptors (Lipinski definition) is 3. The molecule has 0 aliphatic heterocycles. The molecule has 0 spiro atoms. The predicted molar refractivity (Wildman–Crippen MR) is 118 cm³/mol. The van der Waals surface area contributed by atoms with Crippen LogP contribution in [0.25, 0.3) is 0 Å². The Kier molecular flexibility index (Phi) is 7.01. The van der Waals surface area contributed by atoms with Gasteiger partial charge in [-0.1, -0.05) is 70.1 Å². The fourth-order valence-corrected chi connectivity index (χ4v) is 4.63. The third kappa shape index (κ3) is 4.36. The maximum Gasteiger partial charge on any atom is 0.197 e. The number of carbonyl (C=O) groups is 2. The van der Waals surface area contributed by atoms with Crippen LogP contribution in [0, 0.1) is 0 Å². The Hall–Kier alpha value is -1.45. The maximum atomic E-state index is 13.1. The summed E-state index contributed by atoms with van der Waals surface area (Å²) in [6, 6.07) is 11.8. The highest BCUT2D eigenvalue weighted by Crippen LogP contribution is 2.31. The Morgan fingerprint density at radius 2 is 1.00 bits per heavy atom. The third-order valence-corrected chi connectivity index (χ3v) is 6.18. The molecular formula is C20H8Cl5O3P. The molecular weight excluding hydrogens is 496 g/mol. The van der Waals surface area contributed by atoms with Gasteiger partial charge in [0.2, 0.25) is 0 Å². The molecule has 3 rings (SSSR count). The van der Waals surface area contributed by atoms with Crippen LogP contribution in [0.2, 0.25) is 25.1 Å². The fraction of sp³-hybridized carbons (Fsp3) is 0. The van der Waals surface area contributed by atoms with Crippen LogP contribution in [0.3, 0.4) is 0 Å². The van der Waals surface area contributed by atoms with Crippen molar-refractivity contribution in [3.05, 3.63) is 95.9 Å². The molecule has 0 radical (unpaired) electrons. The Labute approximate surface area is 192 Å². The molecule has 0 heterocycles. The largest absolute Gasteiger partial charge is 0.288 e. The average Bonchev–Trinajstić information content (AvgIpc) is 2.66. The van der Waals surface area contributed by atoms with Crippen LogP contribution < -0.4 is 5.30 Å². The van der Waals surface area contributed by atoms with Crippen LogP contribution in [0.5, 0.6) is 0 Å². The van der Waals surface area contributed by atoms with Crippen molar-refractivity contribution in [3.8, 4) is 0 Å². The molecule has 0 aliphatic carbocycles. The van der Waals surface area contributed by atoms with Crippen LogP contribution in [-0.4, -0.2) is 11.6 Å². The van der Waals surface area contributed by atoms with E-state index in [-0.39, 0.29) is 52.7 Å². The zero-order chi connectivity index (χ0) is 21.3. The Bertz CT molecular complexity index is 1050. The van der Waals surface area contributed by atoms with Crippen LogP contribution in [-0.2, 0) is 4.57 Å². The lowest BCUT2D eigenvalue weighted by molar-refractivity contribution is 0.103. The molecule has 0 atom stereocenters. The minimum Gasteiger partial charge on any atom is -0.288 e. The van der Waals surface area contributed by atoms with Crippen molar-refractivity contribution in [1.82, 2.24) is 0 Å². The molecule has 0 saturated heterocycles. The van der Waals surface area contributed by atoms with Crippen LogP contribution in [0.15, 0.2) is 48.5 Å². The van der Waals surface area contributed by atoms with E-state index >= 15 is 0 Å². The van der Waals surface area contributed by atoms with E-state index < -0.39 is 20.0 Å². The minimum atomic E-state index is -0.624. The van der Waals surface area contributed by atoms with Gasteiger partial charge in [-0.25, -0.2) is 0 Å². The SMILES string of the molecule is O=Pc1c(C(=O)c2c(Cl)cccc2Cl)cc(Cl)cc1C(=O)c1c(Cl)cccc1Cl. The van der Waals surface area contributed by atoms with Crippen molar-refractivity contribution in [2.24, 2.45) is 0 Å². The number of ketones is 2. The monoisotopic (exact) mass is 502 g/mol. The summed E-state index contributed by atoms with van der Waals surface area (Å²) in [7, 11) is -0.579. The lowest BCUT2D eigenvalue weighted by Crippen LogP contribution is -2.20. The summed E-state index contributed by atoms with van der Waals surface area (Å²) in [6.45, 7) is 0. The fourth-order valence-electron chi connectivity index (χ4n) is 2.74. The molecule has 0 N–H and O–H groups in total. The Morgan fingerprint density at radius 3 is 1.31 bits per heavy atom. The van der Waals surface area contributed by atoms with Gasteiger partial charge in [-0.05, 0) is 36.4 Å². The normalized spacial score (nSPS) is 10.9. The van der Waals surface area contributed by atoms with Crippen LogP contribution >= 0.6 is 66.5 Å². The molecule has 0 aliphatic rings. The third-order valence-electron chi connectivity index (χ3n) is 4.03. The number of benzene rings is 3. The second-order valence-electron chi connectivity index (χ2n) is 5.79. The van der Waals surface area contributed by atoms with Crippen LogP contribution in [0.4, 0.5) is 0 Å². The Morgan fingerprint density at radius 1 is 0.655 bits per heavy atom. The topological polar surface area (TPSA) is 51.2 Å². The molecule has 0 aromatic heterocycles. The highest BCUT2D eigenvalue weighted by atomic mass is 35.5. The quantitative estimate of drug-likeness (QED) is 0.270. The van der Waals surface area contributed by atoms with Gasteiger partial charge in [-0.2, -0.15) is 0 Å². The number of hydrogen-bond donors (Lipinski definition) is 0. The standard InChI is InChI=1S/C20H8Cl5O3P/c21-9-7-10(18(26)16-12(22)3-1-4-13(16)23)20(29-28)11(8-9)19(27)17-14(24)5-2-6-15(17)25/h1-8H. The van der Waals surface area contributed by atoms with E-state index in [1.54, 1.807) is 12.1 Å². The van der Waals surface area contributed by atoms with Gasteiger partial charge in [0.25, 0.3) is 0 Å². The van der Waals surface area contributed by atoms with Gasteiger partial charge in [0.15, 0.2) is 20.0 Å². The van der Waals surface area contributed by atoms with E-state index in [4.69, 9.17) is 58.0 Å². The van der Waals surface area contributed by atoms with E-state index in [0.29, 0.717) is 0 Å². The van der Waals surface area contributed by atoms with Crippen molar-refractivity contribution in [1.29, 1.82) is 0 Å². The Balaban J connectivity index is 2.25. The van der Waals surface area contributed by atoms with Crippen LogP contribution in [0.1, 0.15) is 31.8 Å². The lowest BCUT2D eigenvalue weighted by atomic mass is 9.97. The summed E-state index contributed by atoms with van der Waals surface area (Å²) in [4.78, 5) is 26.3. The highest BCUT2D eigenvalue weighted by molar-refractivity contribution is 7.34. The maximum absolute atomic E-state index is 13.1. The van der Waals surface area contributed by atoms with E-state index in [9.17, 15) is 14.2 Å². The van der Waals surface area contributed by atoms with Crippen molar-refractivity contribution in [2.45, 2.75) is 0 Å². The van der Waals surface area contributed by atoms with Crippen molar-refractivity contribution >= 4 is 83.3 Å². The highest BCUT2D eigenvalue weighted by Gasteiger charge is 2.27. The van der Waals surface area contributed by atoms with E-state index in [0.717, 1.165) is 0 Å². The molecule has 0 bridgehead atoms. The molecule has 0 saturated carbocycles. The first-order chi connectivity index (χ1) is 13.8. The van der Waals surface area contributed by atoms with Crippen molar-refractivity contribution < 1.29 is 14.2 Å². The molecule has 146 valence electrons. The lowest BCUT2D eigenvalue weighted by Gasteiger charge is -2.13. The molecule has 3 nitrogen and oxygen atoms in total. The molecule has 0 fully saturated rings. The summed E-state index contributed by atoms with van der Waals surface area (Å²) >= 11 is 30.7. The number of halogens is 5. The smallest absolute Gasteiger partial charge is 0.197 e. The van der Waals surface area contributed by atoms with E-state index in [1.165, 1.54) is 36.4 Å². The van der Waals surface area contributed by atoms with Crippen molar-refractivity contribution in [3.63, 3.8) is 0 Å². The molecule has 0 unspecified atom stereocenters. The first-order valence-electron chi connectivity index (χ1n) is 7.90. The summed E-state index contributed by atoms with van der Waals surface area (Å²) in [5.74, 6) is -1.25. The number of carbonyl (C=O) groups excluding carboxylic acids is 2. The van der Waals surface area contributed by atoms with Gasteiger partial charge >= 0.3 is 0 Å². The van der Waals surface area contributed by atoms with E-state index in [1.807, 2.05) is 0 Å². The van der Waals surface area contributed by atoms with Gasteiger partial charge in [-0.15, -0.1) is 0 Å². The number of rotatable bonds is 5. The summed E-state index contributed by atoms with van der Waals surface area (Å²) in [5.41, 5.74) is -0.124. The first-order valence-corrected chi connectivity index (χ1v) is 10.6. The van der Waals surface area contributed by atoms with Gasteiger partial charge in [0.05, 0.1) is 36.5 Å². The summed E-state index contributed by atoms with van der Waals surface area (Å²) in [6.07, 6.45) is 0. The van der Waals surface area contributed by atoms with Gasteiger partial charge in [-0.3, -0.25) is 14.2 Å². The second-order valence-corrected chi connectivity index (χ2v) is 8.49.